The molecule has 0 fully saturated rings. The molecule has 1 aromatic heterocycles. The summed E-state index contributed by atoms with van der Waals surface area (Å²) in [6.45, 7) is 1.16. The Kier molecular flexibility index (Phi) is 3.14. The summed E-state index contributed by atoms with van der Waals surface area (Å²) in [5.41, 5.74) is 3.00. The van der Waals surface area contributed by atoms with Crippen molar-refractivity contribution >= 4 is 10.2 Å². The summed E-state index contributed by atoms with van der Waals surface area (Å²) in [6.07, 6.45) is 1.77. The van der Waals surface area contributed by atoms with Crippen molar-refractivity contribution in [1.29, 1.82) is 0 Å². The molecule has 2 heterocycles. The molecule has 0 spiro atoms. The second kappa shape index (κ2) is 4.80. The minimum Gasteiger partial charge on any atom is -0.364 e. The Hall–Kier alpha value is -1.63. The van der Waals surface area contributed by atoms with E-state index < -0.39 is 10.2 Å². The van der Waals surface area contributed by atoms with Gasteiger partial charge in [0.15, 0.2) is 0 Å². The van der Waals surface area contributed by atoms with E-state index in [9.17, 15) is 8.42 Å². The Balaban J connectivity index is 1.69. The second-order valence-electron chi connectivity index (χ2n) is 4.56. The molecule has 0 bridgehead atoms. The fourth-order valence-electron chi connectivity index (χ4n) is 2.21. The van der Waals surface area contributed by atoms with Gasteiger partial charge in [-0.3, -0.25) is 0 Å². The molecule has 100 valence electrons. The van der Waals surface area contributed by atoms with E-state index in [1.165, 1.54) is 4.31 Å². The van der Waals surface area contributed by atoms with E-state index in [-0.39, 0.29) is 6.54 Å². The number of aromatic nitrogens is 1. The molecule has 19 heavy (non-hydrogen) atoms. The van der Waals surface area contributed by atoms with Crippen LogP contribution in [0.25, 0.3) is 0 Å². The lowest BCUT2D eigenvalue weighted by molar-refractivity contribution is 0.421. The van der Waals surface area contributed by atoms with Crippen LogP contribution in [0.2, 0.25) is 0 Å². The first-order valence-corrected chi connectivity index (χ1v) is 7.53. The van der Waals surface area contributed by atoms with Gasteiger partial charge in [-0.25, -0.2) is 0 Å². The largest absolute Gasteiger partial charge is 0.364 e. The Morgan fingerprint density at radius 2 is 1.79 bits per heavy atom. The average Bonchev–Trinajstić information content (AvgIpc) is 3.05. The van der Waals surface area contributed by atoms with Crippen molar-refractivity contribution in [2.45, 2.75) is 19.6 Å². The summed E-state index contributed by atoms with van der Waals surface area (Å²) < 4.78 is 28.5. The molecule has 2 N–H and O–H groups in total. The monoisotopic (exact) mass is 277 g/mol. The molecule has 1 aromatic carbocycles. The summed E-state index contributed by atoms with van der Waals surface area (Å²) in [4.78, 5) is 2.97. The van der Waals surface area contributed by atoms with Crippen LogP contribution >= 0.6 is 0 Å². The Morgan fingerprint density at radius 1 is 1.11 bits per heavy atom. The minimum atomic E-state index is -3.44. The zero-order valence-electron chi connectivity index (χ0n) is 10.3. The highest BCUT2D eigenvalue weighted by Crippen LogP contribution is 2.24. The van der Waals surface area contributed by atoms with Crippen LogP contribution in [0.1, 0.15) is 16.8 Å². The first-order valence-electron chi connectivity index (χ1n) is 6.09. The summed E-state index contributed by atoms with van der Waals surface area (Å²) in [7, 11) is -3.44. The van der Waals surface area contributed by atoms with Gasteiger partial charge in [-0.15, -0.1) is 0 Å². The van der Waals surface area contributed by atoms with Crippen molar-refractivity contribution in [3.63, 3.8) is 0 Å². The highest BCUT2D eigenvalue weighted by molar-refractivity contribution is 7.87. The van der Waals surface area contributed by atoms with Crippen LogP contribution in [0.5, 0.6) is 0 Å². The van der Waals surface area contributed by atoms with E-state index in [2.05, 4.69) is 9.71 Å². The van der Waals surface area contributed by atoms with E-state index in [1.807, 2.05) is 36.4 Å². The third-order valence-corrected chi connectivity index (χ3v) is 4.71. The van der Waals surface area contributed by atoms with E-state index in [0.717, 1.165) is 16.8 Å². The SMILES string of the molecule is O=S(=O)(NCc1ccc[nH]1)N1Cc2ccccc2C1. The fourth-order valence-corrected chi connectivity index (χ4v) is 3.35. The summed E-state index contributed by atoms with van der Waals surface area (Å²) in [5, 5.41) is 0. The first kappa shape index (κ1) is 12.4. The van der Waals surface area contributed by atoms with Crippen LogP contribution in [0, 0.1) is 0 Å². The summed E-state index contributed by atoms with van der Waals surface area (Å²) in [6, 6.07) is 11.5. The van der Waals surface area contributed by atoms with E-state index >= 15 is 0 Å². The molecule has 0 radical (unpaired) electrons. The molecule has 3 rings (SSSR count). The van der Waals surface area contributed by atoms with Gasteiger partial charge in [0.05, 0.1) is 6.54 Å². The summed E-state index contributed by atoms with van der Waals surface area (Å²) >= 11 is 0. The predicted octanol–water partition coefficient (Wildman–Crippen LogP) is 1.36. The van der Waals surface area contributed by atoms with E-state index in [1.54, 1.807) is 6.20 Å². The minimum absolute atomic E-state index is 0.280. The number of fused-ring (bicyclic) bond motifs is 1. The molecule has 0 saturated carbocycles. The van der Waals surface area contributed by atoms with E-state index in [4.69, 9.17) is 0 Å². The van der Waals surface area contributed by atoms with Crippen LogP contribution < -0.4 is 4.72 Å². The van der Waals surface area contributed by atoms with Gasteiger partial charge in [0.2, 0.25) is 0 Å². The molecule has 0 amide bonds. The van der Waals surface area contributed by atoms with Crippen LogP contribution in [-0.2, 0) is 29.8 Å². The third kappa shape index (κ3) is 2.56. The van der Waals surface area contributed by atoms with Gasteiger partial charge in [0.1, 0.15) is 0 Å². The van der Waals surface area contributed by atoms with Crippen molar-refractivity contribution in [2.24, 2.45) is 0 Å². The molecule has 0 aliphatic carbocycles. The fraction of sp³-hybridized carbons (Fsp3) is 0.231. The van der Waals surface area contributed by atoms with Gasteiger partial charge in [-0.2, -0.15) is 17.4 Å². The molecule has 0 saturated heterocycles. The van der Waals surface area contributed by atoms with Gasteiger partial charge in [0.25, 0.3) is 10.2 Å². The number of hydrogen-bond donors (Lipinski definition) is 2. The van der Waals surface area contributed by atoms with Crippen molar-refractivity contribution in [3.05, 3.63) is 59.4 Å². The Bertz CT molecular complexity index is 640. The molecule has 1 aliphatic heterocycles. The lowest BCUT2D eigenvalue weighted by Gasteiger charge is -2.15. The number of aromatic amines is 1. The number of nitrogens with zero attached hydrogens (tertiary/aromatic N) is 1. The second-order valence-corrected chi connectivity index (χ2v) is 6.31. The van der Waals surface area contributed by atoms with Crippen LogP contribution in [0.15, 0.2) is 42.6 Å². The maximum Gasteiger partial charge on any atom is 0.280 e. The lowest BCUT2D eigenvalue weighted by Crippen LogP contribution is -2.37. The highest BCUT2D eigenvalue weighted by Gasteiger charge is 2.28. The molecule has 0 atom stereocenters. The number of H-pyrrole nitrogens is 1. The maximum absolute atomic E-state index is 12.2. The molecular formula is C13H15N3O2S. The van der Waals surface area contributed by atoms with E-state index in [0.29, 0.717) is 13.1 Å². The third-order valence-electron chi connectivity index (χ3n) is 3.26. The Morgan fingerprint density at radius 3 is 2.37 bits per heavy atom. The zero-order valence-corrected chi connectivity index (χ0v) is 11.2. The summed E-state index contributed by atoms with van der Waals surface area (Å²) in [5.74, 6) is 0. The predicted molar refractivity (Wildman–Crippen MR) is 72.2 cm³/mol. The molecule has 1 aliphatic rings. The highest BCUT2D eigenvalue weighted by atomic mass is 32.2. The van der Waals surface area contributed by atoms with Gasteiger partial charge >= 0.3 is 0 Å². The smallest absolute Gasteiger partial charge is 0.280 e. The normalized spacial score (nSPS) is 15.6. The van der Waals surface area contributed by atoms with Crippen molar-refractivity contribution < 1.29 is 8.42 Å². The van der Waals surface area contributed by atoms with Crippen LogP contribution in [0.4, 0.5) is 0 Å². The Labute approximate surface area is 112 Å². The molecule has 5 nitrogen and oxygen atoms in total. The van der Waals surface area contributed by atoms with Gasteiger partial charge < -0.3 is 4.98 Å². The number of rotatable bonds is 4. The van der Waals surface area contributed by atoms with Gasteiger partial charge in [0, 0.05) is 25.0 Å². The molecule has 6 heteroatoms. The quantitative estimate of drug-likeness (QED) is 0.886. The number of nitrogens with one attached hydrogen (secondary N) is 2. The standard InChI is InChI=1S/C13H15N3O2S/c17-19(18,15-8-13-6-3-7-14-13)16-9-11-4-1-2-5-12(11)10-16/h1-7,14-15H,8-10H2. The lowest BCUT2D eigenvalue weighted by atomic mass is 10.1. The first-order chi connectivity index (χ1) is 9.15. The van der Waals surface area contributed by atoms with Crippen molar-refractivity contribution in [2.75, 3.05) is 0 Å². The van der Waals surface area contributed by atoms with Gasteiger partial charge in [-0.05, 0) is 23.3 Å². The average molecular weight is 277 g/mol. The molecule has 2 aromatic rings. The maximum atomic E-state index is 12.2. The molecule has 0 unspecified atom stereocenters. The van der Waals surface area contributed by atoms with Crippen molar-refractivity contribution in [1.82, 2.24) is 14.0 Å². The topological polar surface area (TPSA) is 65.2 Å². The van der Waals surface area contributed by atoms with Crippen LogP contribution in [-0.4, -0.2) is 17.7 Å². The van der Waals surface area contributed by atoms with Gasteiger partial charge in [-0.1, -0.05) is 24.3 Å². The molecular weight excluding hydrogens is 262 g/mol. The number of benzene rings is 1. The number of hydrogen-bond acceptors (Lipinski definition) is 2. The van der Waals surface area contributed by atoms with Crippen LogP contribution in [0.3, 0.4) is 0 Å². The zero-order chi connectivity index (χ0) is 13.3. The van der Waals surface area contributed by atoms with Crippen molar-refractivity contribution in [3.8, 4) is 0 Å².